The number of rotatable bonds is 1. The number of hydrogen-bond acceptors (Lipinski definition) is 2. The molecule has 0 bridgehead atoms. The van der Waals surface area contributed by atoms with Crippen LogP contribution in [0.25, 0.3) is 0 Å². The first-order valence-corrected chi connectivity index (χ1v) is 5.25. The Morgan fingerprint density at radius 2 is 2.20 bits per heavy atom. The van der Waals surface area contributed by atoms with Gasteiger partial charge >= 0.3 is 0 Å². The fourth-order valence-corrected chi connectivity index (χ4v) is 1.24. The van der Waals surface area contributed by atoms with Crippen LogP contribution in [0.3, 0.4) is 0 Å². The van der Waals surface area contributed by atoms with Crippen molar-refractivity contribution in [2.45, 2.75) is 0 Å². The normalized spacial score (nSPS) is 10.6. The van der Waals surface area contributed by atoms with Gasteiger partial charge in [-0.2, -0.15) is 5.10 Å². The fraction of sp³-hybridized carbons (Fsp3) is 0.400. The molecule has 1 rings (SSSR count). The molecule has 0 radical (unpaired) electrons. The lowest BCUT2D eigenvalue weighted by molar-refractivity contribution is 0.588. The lowest BCUT2D eigenvalue weighted by Gasteiger charge is -1.98. The summed E-state index contributed by atoms with van der Waals surface area (Å²) in [7, 11) is -2.06. The summed E-state index contributed by atoms with van der Waals surface area (Å²) in [5.41, 5.74) is 0. The minimum Gasteiger partial charge on any atom is -0.319 e. The maximum absolute atomic E-state index is 11.2. The van der Waals surface area contributed by atoms with Gasteiger partial charge in [-0.05, 0) is 13.3 Å². The highest BCUT2D eigenvalue weighted by atomic mass is 35.5. The molecule has 0 spiro atoms. The molecule has 3 nitrogen and oxygen atoms in total. The van der Waals surface area contributed by atoms with E-state index in [2.05, 4.69) is 10.2 Å². The molecule has 0 atom stereocenters. The third-order valence-corrected chi connectivity index (χ3v) is 2.59. The lowest BCUT2D eigenvalue weighted by Crippen LogP contribution is -1.97. The maximum atomic E-state index is 11.2. The van der Waals surface area contributed by atoms with E-state index < -0.39 is 7.14 Å². The van der Waals surface area contributed by atoms with Crippen molar-refractivity contribution >= 4 is 24.9 Å². The average molecular weight is 181 g/mol. The topological polar surface area (TPSA) is 45.8 Å². The molecule has 5 heteroatoms. The Labute approximate surface area is 66.0 Å². The molecule has 58 valence electrons. The molecule has 0 amide bonds. The number of aromatic nitrogens is 2. The summed E-state index contributed by atoms with van der Waals surface area (Å²) < 4.78 is 11.2. The van der Waals surface area contributed by atoms with Crippen molar-refractivity contribution in [1.82, 2.24) is 10.2 Å². The van der Waals surface area contributed by atoms with Crippen molar-refractivity contribution < 1.29 is 4.57 Å². The van der Waals surface area contributed by atoms with Crippen LogP contribution in [-0.4, -0.2) is 23.5 Å². The molecular formula is C5H10ClN2OP. The van der Waals surface area contributed by atoms with E-state index in [1.54, 1.807) is 25.7 Å². The second kappa shape index (κ2) is 3.22. The quantitative estimate of drug-likeness (QED) is 0.658. The molecule has 1 heterocycles. The number of aromatic amines is 1. The summed E-state index contributed by atoms with van der Waals surface area (Å²) in [6.07, 6.45) is 3.27. The van der Waals surface area contributed by atoms with Gasteiger partial charge in [0.25, 0.3) is 0 Å². The summed E-state index contributed by atoms with van der Waals surface area (Å²) in [6, 6.07) is 0. The monoisotopic (exact) mass is 180 g/mol. The highest BCUT2D eigenvalue weighted by Crippen LogP contribution is 2.33. The van der Waals surface area contributed by atoms with Crippen LogP contribution < -0.4 is 5.30 Å². The Bertz CT molecular complexity index is 228. The Morgan fingerprint density at radius 1 is 1.60 bits per heavy atom. The van der Waals surface area contributed by atoms with E-state index in [4.69, 9.17) is 0 Å². The number of nitrogens with one attached hydrogen (secondary N) is 1. The van der Waals surface area contributed by atoms with E-state index in [0.29, 0.717) is 0 Å². The van der Waals surface area contributed by atoms with Crippen LogP contribution in [0.4, 0.5) is 0 Å². The first-order valence-electron chi connectivity index (χ1n) is 2.65. The van der Waals surface area contributed by atoms with Gasteiger partial charge in [-0.25, -0.2) is 0 Å². The van der Waals surface area contributed by atoms with Crippen LogP contribution in [0.2, 0.25) is 0 Å². The van der Waals surface area contributed by atoms with E-state index in [0.717, 1.165) is 5.30 Å². The third-order valence-electron chi connectivity index (χ3n) is 1.11. The van der Waals surface area contributed by atoms with Gasteiger partial charge in [-0.1, -0.05) is 0 Å². The molecular weight excluding hydrogens is 170 g/mol. The van der Waals surface area contributed by atoms with Crippen LogP contribution in [0.1, 0.15) is 0 Å². The molecule has 0 aliphatic carbocycles. The van der Waals surface area contributed by atoms with Crippen LogP contribution in [0.5, 0.6) is 0 Å². The van der Waals surface area contributed by atoms with Crippen LogP contribution >= 0.6 is 19.5 Å². The van der Waals surface area contributed by atoms with Crippen molar-refractivity contribution in [2.24, 2.45) is 0 Å². The Balaban J connectivity index is 0.000000810. The molecule has 1 N–H and O–H groups in total. The second-order valence-electron chi connectivity index (χ2n) is 2.31. The van der Waals surface area contributed by atoms with Gasteiger partial charge in [0, 0.05) is 11.5 Å². The number of nitrogens with zero attached hydrogens (tertiary/aromatic N) is 1. The fourth-order valence-electron chi connectivity index (χ4n) is 0.539. The van der Waals surface area contributed by atoms with E-state index in [1.807, 2.05) is 0 Å². The molecule has 1 aromatic heterocycles. The van der Waals surface area contributed by atoms with Gasteiger partial charge in [-0.15, -0.1) is 12.4 Å². The first kappa shape index (κ1) is 9.73. The van der Waals surface area contributed by atoms with Crippen molar-refractivity contribution in [3.8, 4) is 0 Å². The summed E-state index contributed by atoms with van der Waals surface area (Å²) >= 11 is 0. The van der Waals surface area contributed by atoms with Gasteiger partial charge < -0.3 is 4.57 Å². The summed E-state index contributed by atoms with van der Waals surface area (Å²) in [5, 5.41) is 7.11. The number of halogens is 1. The number of H-pyrrole nitrogens is 1. The average Bonchev–Trinajstić information content (AvgIpc) is 2.08. The zero-order valence-corrected chi connectivity index (χ0v) is 7.58. The highest BCUT2D eigenvalue weighted by molar-refractivity contribution is 7.70. The largest absolute Gasteiger partial charge is 0.319 e. The minimum absolute atomic E-state index is 0. The molecule has 0 fully saturated rings. The molecule has 0 aliphatic rings. The van der Waals surface area contributed by atoms with E-state index in [1.165, 1.54) is 0 Å². The van der Waals surface area contributed by atoms with Crippen molar-refractivity contribution in [1.29, 1.82) is 0 Å². The third kappa shape index (κ3) is 2.16. The zero-order chi connectivity index (χ0) is 6.91. The molecule has 0 unspecified atom stereocenters. The van der Waals surface area contributed by atoms with E-state index >= 15 is 0 Å². The smallest absolute Gasteiger partial charge is 0.112 e. The van der Waals surface area contributed by atoms with Crippen molar-refractivity contribution in [3.05, 3.63) is 12.4 Å². The molecule has 0 aliphatic heterocycles. The summed E-state index contributed by atoms with van der Waals surface area (Å²) in [6.45, 7) is 3.44. The van der Waals surface area contributed by atoms with Gasteiger partial charge in [0.1, 0.15) is 7.14 Å². The lowest BCUT2D eigenvalue weighted by atomic mass is 10.7. The first-order chi connectivity index (χ1) is 4.11. The standard InChI is InChI=1S/C5H9N2OP.ClH/c1-9(2,8)5-3-6-7-4-5;/h3-4H,1-2H3,(H,6,7);1H. The van der Waals surface area contributed by atoms with Crippen LogP contribution in [0, 0.1) is 0 Å². The SMILES string of the molecule is CP(C)(=O)c1cn[nH]c1.Cl. The van der Waals surface area contributed by atoms with Gasteiger partial charge in [0.2, 0.25) is 0 Å². The second-order valence-corrected chi connectivity index (χ2v) is 5.53. The Kier molecular flexibility index (Phi) is 3.13. The zero-order valence-electron chi connectivity index (χ0n) is 5.87. The van der Waals surface area contributed by atoms with E-state index in [-0.39, 0.29) is 12.4 Å². The molecule has 0 saturated carbocycles. The minimum atomic E-state index is -2.06. The summed E-state index contributed by atoms with van der Waals surface area (Å²) in [5.74, 6) is 0. The van der Waals surface area contributed by atoms with Gasteiger partial charge in [0.15, 0.2) is 0 Å². The van der Waals surface area contributed by atoms with E-state index in [9.17, 15) is 4.57 Å². The molecule has 1 aromatic rings. The van der Waals surface area contributed by atoms with Crippen LogP contribution in [0.15, 0.2) is 12.4 Å². The molecule has 0 aromatic carbocycles. The molecule has 10 heavy (non-hydrogen) atoms. The van der Waals surface area contributed by atoms with Crippen LogP contribution in [-0.2, 0) is 4.57 Å². The predicted octanol–water partition coefficient (Wildman–Crippen LogP) is 1.08. The van der Waals surface area contributed by atoms with Gasteiger partial charge in [-0.3, -0.25) is 5.10 Å². The Hall–Kier alpha value is -0.270. The van der Waals surface area contributed by atoms with Crippen molar-refractivity contribution in [2.75, 3.05) is 13.3 Å². The highest BCUT2D eigenvalue weighted by Gasteiger charge is 2.10. The number of hydrogen-bond donors (Lipinski definition) is 1. The van der Waals surface area contributed by atoms with Crippen molar-refractivity contribution in [3.63, 3.8) is 0 Å². The molecule has 0 saturated heterocycles. The maximum Gasteiger partial charge on any atom is 0.112 e. The predicted molar refractivity (Wildman–Crippen MR) is 44.9 cm³/mol. The Morgan fingerprint density at radius 3 is 2.40 bits per heavy atom. The summed E-state index contributed by atoms with van der Waals surface area (Å²) in [4.78, 5) is 0. The van der Waals surface area contributed by atoms with Gasteiger partial charge in [0.05, 0.1) is 6.20 Å².